The number of hydrogen-bond donors (Lipinski definition) is 1. The van der Waals surface area contributed by atoms with Crippen LogP contribution in [0.4, 0.5) is 13.2 Å². The van der Waals surface area contributed by atoms with Gasteiger partial charge in [-0.15, -0.1) is 0 Å². The van der Waals surface area contributed by atoms with E-state index in [4.69, 9.17) is 21.1 Å². The summed E-state index contributed by atoms with van der Waals surface area (Å²) >= 11 is 6.32. The number of nitrogens with zero attached hydrogens (tertiary/aromatic N) is 3. The Morgan fingerprint density at radius 2 is 1.88 bits per heavy atom. The minimum Gasteiger partial charge on any atom is -0.493 e. The Labute approximate surface area is 186 Å². The third kappa shape index (κ3) is 4.86. The summed E-state index contributed by atoms with van der Waals surface area (Å²) in [6, 6.07) is 9.23. The molecule has 3 rings (SSSR count). The van der Waals surface area contributed by atoms with Crippen LogP contribution in [0.5, 0.6) is 11.5 Å². The number of aromatic nitrogens is 2. The minimum absolute atomic E-state index is 0.0472. The summed E-state index contributed by atoms with van der Waals surface area (Å²) in [5.74, 6) is 0.337. The standard InChI is InChI=1S/C21H18ClF3N4O3/c1-12-16(11-26-27-20(30)13-7-8-17(31-2)18(9-13)32-3)19(22)29(28-12)15-6-4-5-14(10-15)21(23,24)25/h4-11H,1-3H3,(H,27,30)/b26-11+. The van der Waals surface area contributed by atoms with E-state index in [1.807, 2.05) is 0 Å². The highest BCUT2D eigenvalue weighted by atomic mass is 35.5. The van der Waals surface area contributed by atoms with Crippen molar-refractivity contribution in [1.82, 2.24) is 15.2 Å². The van der Waals surface area contributed by atoms with Gasteiger partial charge in [0.1, 0.15) is 5.15 Å². The van der Waals surface area contributed by atoms with Gasteiger partial charge in [-0.25, -0.2) is 10.1 Å². The van der Waals surface area contributed by atoms with Crippen LogP contribution < -0.4 is 14.9 Å². The van der Waals surface area contributed by atoms with Crippen LogP contribution in [0.25, 0.3) is 5.69 Å². The fraction of sp³-hybridized carbons (Fsp3) is 0.190. The monoisotopic (exact) mass is 466 g/mol. The number of halogens is 4. The summed E-state index contributed by atoms with van der Waals surface area (Å²) in [6.07, 6.45) is -3.23. The number of benzene rings is 2. The SMILES string of the molecule is COc1ccc(C(=O)N/N=C/c2c(C)nn(-c3cccc(C(F)(F)F)c3)c2Cl)cc1OC. The Balaban J connectivity index is 1.81. The van der Waals surface area contributed by atoms with Gasteiger partial charge in [-0.1, -0.05) is 17.7 Å². The van der Waals surface area contributed by atoms with Crippen LogP contribution >= 0.6 is 11.6 Å². The minimum atomic E-state index is -4.50. The molecule has 0 aliphatic heterocycles. The lowest BCUT2D eigenvalue weighted by Crippen LogP contribution is -2.17. The zero-order valence-corrected chi connectivity index (χ0v) is 18.0. The van der Waals surface area contributed by atoms with Crippen LogP contribution in [0.3, 0.4) is 0 Å². The van der Waals surface area contributed by atoms with Crippen molar-refractivity contribution in [3.8, 4) is 17.2 Å². The fourth-order valence-electron chi connectivity index (χ4n) is 2.84. The van der Waals surface area contributed by atoms with Crippen molar-refractivity contribution in [1.29, 1.82) is 0 Å². The second kappa shape index (κ2) is 9.31. The second-order valence-corrected chi connectivity index (χ2v) is 6.88. The summed E-state index contributed by atoms with van der Waals surface area (Å²) in [4.78, 5) is 12.3. The molecule has 1 heterocycles. The molecule has 0 fully saturated rings. The van der Waals surface area contributed by atoms with Gasteiger partial charge in [0.15, 0.2) is 11.5 Å². The molecule has 1 N–H and O–H groups in total. The van der Waals surface area contributed by atoms with Crippen LogP contribution in [-0.4, -0.2) is 36.1 Å². The average Bonchev–Trinajstić information content (AvgIpc) is 3.06. The Hall–Kier alpha value is -3.53. The van der Waals surface area contributed by atoms with Gasteiger partial charge in [-0.2, -0.15) is 23.4 Å². The Morgan fingerprint density at radius 3 is 2.53 bits per heavy atom. The highest BCUT2D eigenvalue weighted by molar-refractivity contribution is 6.32. The smallest absolute Gasteiger partial charge is 0.416 e. The highest BCUT2D eigenvalue weighted by Gasteiger charge is 2.30. The molecule has 0 spiro atoms. The number of aryl methyl sites for hydroxylation is 1. The zero-order valence-electron chi connectivity index (χ0n) is 17.2. The maximum absolute atomic E-state index is 13.0. The first-order valence-electron chi connectivity index (χ1n) is 9.14. The van der Waals surface area contributed by atoms with Crippen molar-refractivity contribution in [3.63, 3.8) is 0 Å². The second-order valence-electron chi connectivity index (χ2n) is 6.52. The van der Waals surface area contributed by atoms with E-state index >= 15 is 0 Å². The van der Waals surface area contributed by atoms with Crippen molar-refractivity contribution in [3.05, 3.63) is 70.0 Å². The lowest BCUT2D eigenvalue weighted by Gasteiger charge is -2.09. The van der Waals surface area contributed by atoms with Crippen molar-refractivity contribution in [2.75, 3.05) is 14.2 Å². The first-order chi connectivity index (χ1) is 15.2. The predicted octanol–water partition coefficient (Wildman–Crippen LogP) is 4.63. The molecule has 0 bridgehead atoms. The summed E-state index contributed by atoms with van der Waals surface area (Å²) < 4.78 is 50.5. The molecule has 0 unspecified atom stereocenters. The van der Waals surface area contributed by atoms with Crippen LogP contribution in [0.1, 0.15) is 27.2 Å². The quantitative estimate of drug-likeness (QED) is 0.424. The molecule has 0 radical (unpaired) electrons. The molecule has 168 valence electrons. The van der Waals surface area contributed by atoms with Gasteiger partial charge in [0.2, 0.25) is 0 Å². The summed E-state index contributed by atoms with van der Waals surface area (Å²) in [6.45, 7) is 1.62. The number of carbonyl (C=O) groups is 1. The van der Waals surface area contributed by atoms with Crippen molar-refractivity contribution in [2.45, 2.75) is 13.1 Å². The van der Waals surface area contributed by atoms with Gasteiger partial charge in [0, 0.05) is 5.56 Å². The van der Waals surface area contributed by atoms with Crippen LogP contribution in [-0.2, 0) is 6.18 Å². The molecule has 11 heteroatoms. The van der Waals surface area contributed by atoms with E-state index < -0.39 is 17.6 Å². The molecule has 0 atom stereocenters. The van der Waals surface area contributed by atoms with Crippen LogP contribution in [0, 0.1) is 6.92 Å². The molecule has 1 amide bonds. The van der Waals surface area contributed by atoms with E-state index in [2.05, 4.69) is 15.6 Å². The number of methoxy groups -OCH3 is 2. The predicted molar refractivity (Wildman–Crippen MR) is 113 cm³/mol. The number of amides is 1. The fourth-order valence-corrected chi connectivity index (χ4v) is 3.16. The van der Waals surface area contributed by atoms with E-state index in [1.54, 1.807) is 13.0 Å². The van der Waals surface area contributed by atoms with E-state index in [-0.39, 0.29) is 16.4 Å². The third-order valence-electron chi connectivity index (χ3n) is 4.47. The lowest BCUT2D eigenvalue weighted by atomic mass is 10.2. The first kappa shape index (κ1) is 23.1. The molecule has 32 heavy (non-hydrogen) atoms. The summed E-state index contributed by atoms with van der Waals surface area (Å²) in [5.41, 5.74) is 2.71. The van der Waals surface area contributed by atoms with Gasteiger partial charge in [-0.05, 0) is 43.3 Å². The zero-order chi connectivity index (χ0) is 23.5. The molecular weight excluding hydrogens is 449 g/mol. The molecule has 0 aliphatic rings. The average molecular weight is 467 g/mol. The maximum Gasteiger partial charge on any atom is 0.416 e. The Kier molecular flexibility index (Phi) is 6.73. The Bertz CT molecular complexity index is 1180. The number of hydrogen-bond acceptors (Lipinski definition) is 5. The highest BCUT2D eigenvalue weighted by Crippen LogP contribution is 2.31. The van der Waals surface area contributed by atoms with E-state index in [1.165, 1.54) is 49.4 Å². The van der Waals surface area contributed by atoms with E-state index in [0.717, 1.165) is 12.1 Å². The maximum atomic E-state index is 13.0. The number of rotatable bonds is 6. The third-order valence-corrected chi connectivity index (χ3v) is 4.84. The molecule has 2 aromatic carbocycles. The molecule has 0 aliphatic carbocycles. The summed E-state index contributed by atoms with van der Waals surface area (Å²) in [7, 11) is 2.93. The summed E-state index contributed by atoms with van der Waals surface area (Å²) in [5, 5.41) is 8.12. The lowest BCUT2D eigenvalue weighted by molar-refractivity contribution is -0.137. The molecule has 3 aromatic rings. The van der Waals surface area contributed by atoms with Gasteiger partial charge in [0.05, 0.1) is 42.9 Å². The number of carbonyl (C=O) groups excluding carboxylic acids is 1. The van der Waals surface area contributed by atoms with Crippen molar-refractivity contribution < 1.29 is 27.4 Å². The largest absolute Gasteiger partial charge is 0.493 e. The van der Waals surface area contributed by atoms with E-state index in [0.29, 0.717) is 22.8 Å². The van der Waals surface area contributed by atoms with E-state index in [9.17, 15) is 18.0 Å². The first-order valence-corrected chi connectivity index (χ1v) is 9.51. The van der Waals surface area contributed by atoms with Crippen molar-refractivity contribution in [2.24, 2.45) is 5.10 Å². The van der Waals surface area contributed by atoms with Crippen LogP contribution in [0.15, 0.2) is 47.6 Å². The Morgan fingerprint density at radius 1 is 1.16 bits per heavy atom. The molecule has 0 saturated heterocycles. The number of alkyl halides is 3. The number of ether oxygens (including phenoxy) is 2. The number of nitrogens with one attached hydrogen (secondary N) is 1. The van der Waals surface area contributed by atoms with Gasteiger partial charge in [-0.3, -0.25) is 4.79 Å². The normalized spacial score (nSPS) is 11.6. The number of hydrazone groups is 1. The topological polar surface area (TPSA) is 77.7 Å². The molecule has 1 aromatic heterocycles. The van der Waals surface area contributed by atoms with Gasteiger partial charge >= 0.3 is 6.18 Å². The molecule has 0 saturated carbocycles. The molecular formula is C21H18ClF3N4O3. The van der Waals surface area contributed by atoms with Gasteiger partial charge < -0.3 is 9.47 Å². The molecule has 7 nitrogen and oxygen atoms in total. The van der Waals surface area contributed by atoms with Crippen molar-refractivity contribution >= 4 is 23.7 Å². The van der Waals surface area contributed by atoms with Crippen LogP contribution in [0.2, 0.25) is 5.15 Å². The van der Waals surface area contributed by atoms with Gasteiger partial charge in [0.25, 0.3) is 5.91 Å².